The van der Waals surface area contributed by atoms with Crippen LogP contribution in [0.15, 0.2) is 48.5 Å². The average Bonchev–Trinajstić information content (AvgIpc) is 2.59. The van der Waals surface area contributed by atoms with Gasteiger partial charge in [-0.1, -0.05) is 48.5 Å². The van der Waals surface area contributed by atoms with Gasteiger partial charge in [0.2, 0.25) is 5.91 Å². The van der Waals surface area contributed by atoms with E-state index >= 15 is 0 Å². The van der Waals surface area contributed by atoms with Crippen molar-refractivity contribution in [1.82, 2.24) is 5.32 Å². The van der Waals surface area contributed by atoms with Crippen LogP contribution in [0, 0.1) is 13.8 Å². The number of amides is 1. The van der Waals surface area contributed by atoms with E-state index in [0.717, 1.165) is 22.4 Å². The number of carbonyl (C=O) groups is 1. The maximum Gasteiger partial charge on any atom is 0.220 e. The SMILES string of the molecule is Cc1cccc(C)c1OCC(NC(=O)CCCN)c1ccccc1.Cl. The van der Waals surface area contributed by atoms with Crippen molar-refractivity contribution in [2.24, 2.45) is 5.73 Å². The molecule has 0 bridgehead atoms. The van der Waals surface area contributed by atoms with Crippen molar-refractivity contribution in [3.8, 4) is 5.75 Å². The Morgan fingerprint density at radius 2 is 1.72 bits per heavy atom. The minimum atomic E-state index is -0.185. The molecule has 0 saturated heterocycles. The van der Waals surface area contributed by atoms with E-state index in [2.05, 4.69) is 5.32 Å². The number of carbonyl (C=O) groups excluding carboxylic acids is 1. The van der Waals surface area contributed by atoms with Crippen molar-refractivity contribution in [1.29, 1.82) is 0 Å². The molecule has 0 saturated carbocycles. The van der Waals surface area contributed by atoms with Gasteiger partial charge in [0, 0.05) is 6.42 Å². The zero-order valence-electron chi connectivity index (χ0n) is 14.8. The Hall–Kier alpha value is -2.04. The molecule has 0 fully saturated rings. The quantitative estimate of drug-likeness (QED) is 0.752. The molecule has 2 rings (SSSR count). The highest BCUT2D eigenvalue weighted by atomic mass is 35.5. The fraction of sp³-hybridized carbons (Fsp3) is 0.350. The highest BCUT2D eigenvalue weighted by Crippen LogP contribution is 2.24. The van der Waals surface area contributed by atoms with Crippen molar-refractivity contribution < 1.29 is 9.53 Å². The maximum atomic E-state index is 12.1. The Morgan fingerprint density at radius 1 is 1.08 bits per heavy atom. The van der Waals surface area contributed by atoms with Crippen LogP contribution >= 0.6 is 12.4 Å². The summed E-state index contributed by atoms with van der Waals surface area (Å²) in [6.07, 6.45) is 1.12. The van der Waals surface area contributed by atoms with E-state index in [1.165, 1.54) is 0 Å². The van der Waals surface area contributed by atoms with Gasteiger partial charge in [-0.25, -0.2) is 0 Å². The molecule has 0 heterocycles. The van der Waals surface area contributed by atoms with Crippen molar-refractivity contribution in [2.45, 2.75) is 32.7 Å². The molecule has 0 spiro atoms. The largest absolute Gasteiger partial charge is 0.491 e. The summed E-state index contributed by atoms with van der Waals surface area (Å²) in [4.78, 5) is 12.1. The molecule has 1 atom stereocenters. The normalized spacial score (nSPS) is 11.3. The molecule has 1 amide bonds. The average molecular weight is 363 g/mol. The third-order valence-corrected chi connectivity index (χ3v) is 3.95. The van der Waals surface area contributed by atoms with Crippen molar-refractivity contribution in [3.63, 3.8) is 0 Å². The van der Waals surface area contributed by atoms with Crippen LogP contribution < -0.4 is 15.8 Å². The molecule has 0 aromatic heterocycles. The smallest absolute Gasteiger partial charge is 0.220 e. The van der Waals surface area contributed by atoms with Crippen LogP contribution in [0.3, 0.4) is 0 Å². The van der Waals surface area contributed by atoms with Gasteiger partial charge in [-0.3, -0.25) is 4.79 Å². The fourth-order valence-corrected chi connectivity index (χ4v) is 2.63. The number of rotatable bonds is 8. The standard InChI is InChI=1S/C20H26N2O2.ClH/c1-15-8-6-9-16(2)20(15)24-14-18(17-10-4-3-5-11-17)22-19(23)12-7-13-21;/h3-6,8-11,18H,7,12-14,21H2,1-2H3,(H,22,23);1H. The van der Waals surface area contributed by atoms with Crippen molar-refractivity contribution >= 4 is 18.3 Å². The fourth-order valence-electron chi connectivity index (χ4n) is 2.63. The van der Waals surface area contributed by atoms with Gasteiger partial charge >= 0.3 is 0 Å². The second kappa shape index (κ2) is 10.7. The molecule has 2 aromatic carbocycles. The first-order valence-electron chi connectivity index (χ1n) is 8.35. The summed E-state index contributed by atoms with van der Waals surface area (Å²) in [7, 11) is 0. The second-order valence-corrected chi connectivity index (χ2v) is 5.95. The van der Waals surface area contributed by atoms with E-state index in [0.29, 0.717) is 26.0 Å². The molecule has 2 aromatic rings. The van der Waals surface area contributed by atoms with Crippen LogP contribution in [-0.4, -0.2) is 19.1 Å². The third kappa shape index (κ3) is 6.40. The van der Waals surface area contributed by atoms with Crippen molar-refractivity contribution in [2.75, 3.05) is 13.2 Å². The van der Waals surface area contributed by atoms with Crippen LogP contribution in [0.4, 0.5) is 0 Å². The summed E-state index contributed by atoms with van der Waals surface area (Å²) in [5.74, 6) is 0.883. The van der Waals surface area contributed by atoms with Crippen molar-refractivity contribution in [3.05, 3.63) is 65.2 Å². The predicted molar refractivity (Wildman–Crippen MR) is 104 cm³/mol. The van der Waals surface area contributed by atoms with Gasteiger partial charge in [0.1, 0.15) is 12.4 Å². The summed E-state index contributed by atoms with van der Waals surface area (Å²) >= 11 is 0. The van der Waals surface area contributed by atoms with Gasteiger partial charge in [-0.15, -0.1) is 12.4 Å². The lowest BCUT2D eigenvalue weighted by Gasteiger charge is -2.21. The topological polar surface area (TPSA) is 64.3 Å². The minimum Gasteiger partial charge on any atom is -0.491 e. The Balaban J connectivity index is 0.00000312. The van der Waals surface area contributed by atoms with Gasteiger partial charge < -0.3 is 15.8 Å². The molecule has 0 aliphatic heterocycles. The Morgan fingerprint density at radius 3 is 2.32 bits per heavy atom. The number of nitrogens with one attached hydrogen (secondary N) is 1. The Bertz CT molecular complexity index is 642. The van der Waals surface area contributed by atoms with Gasteiger partial charge in [0.05, 0.1) is 6.04 Å². The van der Waals surface area contributed by atoms with E-state index in [9.17, 15) is 4.79 Å². The zero-order valence-corrected chi connectivity index (χ0v) is 15.6. The van der Waals surface area contributed by atoms with Crippen LogP contribution in [-0.2, 0) is 4.79 Å². The summed E-state index contributed by atoms with van der Waals surface area (Å²) < 4.78 is 6.05. The van der Waals surface area contributed by atoms with E-state index in [-0.39, 0.29) is 24.4 Å². The first kappa shape index (κ1) is 21.0. The molecule has 0 aliphatic rings. The predicted octanol–water partition coefficient (Wildman–Crippen LogP) is 3.70. The molecule has 25 heavy (non-hydrogen) atoms. The van der Waals surface area contributed by atoms with Crippen LogP contribution in [0.2, 0.25) is 0 Å². The van der Waals surface area contributed by atoms with Gasteiger partial charge in [0.25, 0.3) is 0 Å². The molecule has 1 unspecified atom stereocenters. The van der Waals surface area contributed by atoms with Gasteiger partial charge in [-0.05, 0) is 43.5 Å². The van der Waals surface area contributed by atoms with Gasteiger partial charge in [-0.2, -0.15) is 0 Å². The molecular formula is C20H27ClN2O2. The number of hydrogen-bond acceptors (Lipinski definition) is 3. The number of hydrogen-bond donors (Lipinski definition) is 2. The highest BCUT2D eigenvalue weighted by molar-refractivity contribution is 5.85. The number of halogens is 1. The Labute approximate surface area is 156 Å². The van der Waals surface area contributed by atoms with E-state index in [1.807, 2.05) is 62.4 Å². The lowest BCUT2D eigenvalue weighted by Crippen LogP contribution is -2.32. The molecule has 0 radical (unpaired) electrons. The lowest BCUT2D eigenvalue weighted by atomic mass is 10.1. The first-order valence-corrected chi connectivity index (χ1v) is 8.35. The number of nitrogens with two attached hydrogens (primary N) is 1. The van der Waals surface area contributed by atoms with E-state index < -0.39 is 0 Å². The number of benzene rings is 2. The zero-order chi connectivity index (χ0) is 17.4. The summed E-state index contributed by atoms with van der Waals surface area (Å²) in [6, 6.07) is 15.8. The van der Waals surface area contributed by atoms with Crippen LogP contribution in [0.5, 0.6) is 5.75 Å². The highest BCUT2D eigenvalue weighted by Gasteiger charge is 2.16. The molecule has 136 valence electrons. The molecular weight excluding hydrogens is 336 g/mol. The number of para-hydroxylation sites is 1. The molecule has 0 aliphatic carbocycles. The number of aryl methyl sites for hydroxylation is 2. The molecule has 4 nitrogen and oxygen atoms in total. The lowest BCUT2D eigenvalue weighted by molar-refractivity contribution is -0.122. The maximum absolute atomic E-state index is 12.1. The Kier molecular flexibility index (Phi) is 9.03. The summed E-state index contributed by atoms with van der Waals surface area (Å²) in [5.41, 5.74) is 8.70. The molecule has 3 N–H and O–H groups in total. The number of ether oxygens (including phenoxy) is 1. The molecule has 5 heteroatoms. The summed E-state index contributed by atoms with van der Waals surface area (Å²) in [6.45, 7) is 4.96. The van der Waals surface area contributed by atoms with Gasteiger partial charge in [0.15, 0.2) is 0 Å². The van der Waals surface area contributed by atoms with E-state index in [4.69, 9.17) is 10.5 Å². The monoisotopic (exact) mass is 362 g/mol. The summed E-state index contributed by atoms with van der Waals surface area (Å²) in [5, 5.41) is 3.06. The minimum absolute atomic E-state index is 0. The van der Waals surface area contributed by atoms with Crippen LogP contribution in [0.25, 0.3) is 0 Å². The van der Waals surface area contributed by atoms with E-state index in [1.54, 1.807) is 0 Å². The third-order valence-electron chi connectivity index (χ3n) is 3.95. The van der Waals surface area contributed by atoms with Crippen LogP contribution in [0.1, 0.15) is 35.6 Å². The first-order chi connectivity index (χ1) is 11.6. The second-order valence-electron chi connectivity index (χ2n) is 5.95.